The number of rotatable bonds is 3. The van der Waals surface area contributed by atoms with Gasteiger partial charge in [0.2, 0.25) is 0 Å². The van der Waals surface area contributed by atoms with Crippen molar-refractivity contribution in [1.29, 1.82) is 0 Å². The van der Waals surface area contributed by atoms with E-state index in [1.54, 1.807) is 0 Å². The lowest BCUT2D eigenvalue weighted by Gasteiger charge is -2.31. The minimum absolute atomic E-state index is 0.0709. The summed E-state index contributed by atoms with van der Waals surface area (Å²) in [4.78, 5) is 0. The third kappa shape index (κ3) is 4.87. The van der Waals surface area contributed by atoms with Crippen molar-refractivity contribution in [3.8, 4) is 0 Å². The van der Waals surface area contributed by atoms with Gasteiger partial charge in [-0.3, -0.25) is 0 Å². The zero-order valence-electron chi connectivity index (χ0n) is 9.40. The molecule has 1 fully saturated rings. The first-order valence-corrected chi connectivity index (χ1v) is 5.68. The number of halogens is 3. The van der Waals surface area contributed by atoms with E-state index >= 15 is 0 Å². The van der Waals surface area contributed by atoms with Crippen LogP contribution in [-0.2, 0) is 0 Å². The zero-order chi connectivity index (χ0) is 11.5. The molecular weight excluding hydrogens is 203 g/mol. The quantitative estimate of drug-likeness (QED) is 0.773. The molecule has 1 saturated carbocycles. The lowest BCUT2D eigenvalue weighted by molar-refractivity contribution is -0.126. The molecule has 0 aliphatic heterocycles. The van der Waals surface area contributed by atoms with Gasteiger partial charge in [0.15, 0.2) is 0 Å². The van der Waals surface area contributed by atoms with Gasteiger partial charge in [-0.2, -0.15) is 13.2 Å². The van der Waals surface area contributed by atoms with E-state index in [2.05, 4.69) is 19.2 Å². The maximum absolute atomic E-state index is 12.0. The molecule has 0 heterocycles. The van der Waals surface area contributed by atoms with E-state index in [1.807, 2.05) is 0 Å². The molecule has 1 aliphatic rings. The van der Waals surface area contributed by atoms with E-state index in [9.17, 15) is 13.2 Å². The van der Waals surface area contributed by atoms with Crippen LogP contribution in [0.15, 0.2) is 0 Å². The number of nitrogens with one attached hydrogen (secondary N) is 1. The third-order valence-corrected chi connectivity index (χ3v) is 3.31. The SMILES string of the molecule is CC(C)[C@H]1CC[C@@H](NCC(F)(F)F)CC1. The van der Waals surface area contributed by atoms with Gasteiger partial charge in [0.05, 0.1) is 6.54 Å². The highest BCUT2D eigenvalue weighted by atomic mass is 19.4. The van der Waals surface area contributed by atoms with Gasteiger partial charge in [0, 0.05) is 6.04 Å². The van der Waals surface area contributed by atoms with Crippen molar-refractivity contribution in [3.05, 3.63) is 0 Å². The molecule has 1 N–H and O–H groups in total. The average Bonchev–Trinajstić information content (AvgIpc) is 2.14. The Morgan fingerprint density at radius 1 is 1.13 bits per heavy atom. The predicted octanol–water partition coefficient (Wildman–Crippen LogP) is 3.35. The standard InChI is InChI=1S/C11H20F3N/c1-8(2)9-3-5-10(6-4-9)15-7-11(12,13)14/h8-10,15H,3-7H2,1-2H3/t9-,10+. The molecule has 1 aliphatic carbocycles. The smallest absolute Gasteiger partial charge is 0.306 e. The molecule has 1 rings (SSSR count). The minimum Gasteiger partial charge on any atom is -0.306 e. The second-order valence-corrected chi connectivity index (χ2v) is 4.85. The Labute approximate surface area is 89.4 Å². The molecule has 0 bridgehead atoms. The molecule has 4 heteroatoms. The minimum atomic E-state index is -4.07. The second kappa shape index (κ2) is 5.19. The molecule has 0 aromatic heterocycles. The van der Waals surface area contributed by atoms with E-state index < -0.39 is 12.7 Å². The summed E-state index contributed by atoms with van der Waals surface area (Å²) in [6.45, 7) is 3.53. The van der Waals surface area contributed by atoms with Crippen LogP contribution < -0.4 is 5.32 Å². The Kier molecular flexibility index (Phi) is 4.44. The van der Waals surface area contributed by atoms with E-state index in [1.165, 1.54) is 0 Å². The fourth-order valence-corrected chi connectivity index (χ4v) is 2.25. The highest BCUT2D eigenvalue weighted by Crippen LogP contribution is 2.30. The van der Waals surface area contributed by atoms with Crippen LogP contribution in [0.5, 0.6) is 0 Å². The molecule has 0 atom stereocenters. The summed E-state index contributed by atoms with van der Waals surface area (Å²) in [6, 6.07) is 0.0709. The van der Waals surface area contributed by atoms with Gasteiger partial charge >= 0.3 is 6.18 Å². The Balaban J connectivity index is 2.20. The normalized spacial score (nSPS) is 28.4. The molecule has 0 spiro atoms. The zero-order valence-corrected chi connectivity index (χ0v) is 9.40. The van der Waals surface area contributed by atoms with Gasteiger partial charge in [0.1, 0.15) is 0 Å². The van der Waals surface area contributed by atoms with Gasteiger partial charge in [-0.15, -0.1) is 0 Å². The first-order valence-electron chi connectivity index (χ1n) is 5.68. The van der Waals surface area contributed by atoms with Crippen LogP contribution in [0.1, 0.15) is 39.5 Å². The molecule has 1 nitrogen and oxygen atoms in total. The van der Waals surface area contributed by atoms with E-state index in [0.29, 0.717) is 11.8 Å². The van der Waals surface area contributed by atoms with Crippen molar-refractivity contribution in [3.63, 3.8) is 0 Å². The van der Waals surface area contributed by atoms with Crippen molar-refractivity contribution in [2.75, 3.05) is 6.54 Å². The second-order valence-electron chi connectivity index (χ2n) is 4.85. The fourth-order valence-electron chi connectivity index (χ4n) is 2.25. The van der Waals surface area contributed by atoms with Crippen LogP contribution in [0, 0.1) is 11.8 Å². The molecular formula is C11H20F3N. The van der Waals surface area contributed by atoms with Crippen LogP contribution in [0.3, 0.4) is 0 Å². The van der Waals surface area contributed by atoms with Gasteiger partial charge in [-0.1, -0.05) is 13.8 Å². The predicted molar refractivity (Wildman–Crippen MR) is 54.6 cm³/mol. The van der Waals surface area contributed by atoms with Gasteiger partial charge in [-0.25, -0.2) is 0 Å². The third-order valence-electron chi connectivity index (χ3n) is 3.31. The van der Waals surface area contributed by atoms with Crippen LogP contribution in [0.4, 0.5) is 13.2 Å². The topological polar surface area (TPSA) is 12.0 Å². The highest BCUT2D eigenvalue weighted by molar-refractivity contribution is 4.79. The summed E-state index contributed by atoms with van der Waals surface area (Å²) in [5, 5.41) is 2.60. The fraction of sp³-hybridized carbons (Fsp3) is 1.00. The molecule has 0 aromatic rings. The first-order chi connectivity index (χ1) is 6.88. The Morgan fingerprint density at radius 2 is 1.67 bits per heavy atom. The summed E-state index contributed by atoms with van der Waals surface area (Å²) in [6.07, 6.45) is -0.173. The van der Waals surface area contributed by atoms with E-state index in [-0.39, 0.29) is 6.04 Å². The van der Waals surface area contributed by atoms with Crippen molar-refractivity contribution in [1.82, 2.24) is 5.32 Å². The first kappa shape index (κ1) is 12.8. The van der Waals surface area contributed by atoms with Crippen LogP contribution in [0.2, 0.25) is 0 Å². The largest absolute Gasteiger partial charge is 0.401 e. The summed E-state index contributed by atoms with van der Waals surface area (Å²) in [7, 11) is 0. The van der Waals surface area contributed by atoms with Crippen molar-refractivity contribution >= 4 is 0 Å². The Morgan fingerprint density at radius 3 is 2.07 bits per heavy atom. The molecule has 0 aromatic carbocycles. The Bertz CT molecular complexity index is 181. The van der Waals surface area contributed by atoms with E-state index in [4.69, 9.17) is 0 Å². The van der Waals surface area contributed by atoms with Gasteiger partial charge in [0.25, 0.3) is 0 Å². The van der Waals surface area contributed by atoms with Crippen molar-refractivity contribution in [2.45, 2.75) is 51.7 Å². The number of hydrogen-bond donors (Lipinski definition) is 1. The monoisotopic (exact) mass is 223 g/mol. The Hall–Kier alpha value is -0.250. The van der Waals surface area contributed by atoms with Gasteiger partial charge in [-0.05, 0) is 37.5 Å². The molecule has 15 heavy (non-hydrogen) atoms. The summed E-state index contributed by atoms with van der Waals surface area (Å²) < 4.78 is 35.9. The summed E-state index contributed by atoms with van der Waals surface area (Å²) >= 11 is 0. The van der Waals surface area contributed by atoms with Crippen LogP contribution >= 0.6 is 0 Å². The lowest BCUT2D eigenvalue weighted by Crippen LogP contribution is -2.39. The van der Waals surface area contributed by atoms with Gasteiger partial charge < -0.3 is 5.32 Å². The van der Waals surface area contributed by atoms with Crippen molar-refractivity contribution in [2.24, 2.45) is 11.8 Å². The highest BCUT2D eigenvalue weighted by Gasteiger charge is 2.29. The lowest BCUT2D eigenvalue weighted by atomic mass is 9.80. The van der Waals surface area contributed by atoms with Crippen LogP contribution in [0.25, 0.3) is 0 Å². The molecule has 90 valence electrons. The maximum Gasteiger partial charge on any atom is 0.401 e. The number of alkyl halides is 3. The molecule has 0 unspecified atom stereocenters. The van der Waals surface area contributed by atoms with Crippen molar-refractivity contribution < 1.29 is 13.2 Å². The molecule has 0 amide bonds. The molecule has 0 saturated heterocycles. The van der Waals surface area contributed by atoms with E-state index in [0.717, 1.165) is 25.7 Å². The summed E-state index contributed by atoms with van der Waals surface area (Å²) in [5.41, 5.74) is 0. The number of hydrogen-bond acceptors (Lipinski definition) is 1. The molecule has 0 radical (unpaired) electrons. The van der Waals surface area contributed by atoms with Crippen LogP contribution in [-0.4, -0.2) is 18.8 Å². The average molecular weight is 223 g/mol. The maximum atomic E-state index is 12.0. The summed E-state index contributed by atoms with van der Waals surface area (Å²) in [5.74, 6) is 1.36.